The summed E-state index contributed by atoms with van der Waals surface area (Å²) >= 11 is 1.58. The van der Waals surface area contributed by atoms with Crippen LogP contribution in [0.2, 0.25) is 0 Å². The van der Waals surface area contributed by atoms with Crippen LogP contribution in [0.15, 0.2) is 113 Å². The van der Waals surface area contributed by atoms with Gasteiger partial charge >= 0.3 is 0 Å². The number of amides is 2. The fourth-order valence-electron chi connectivity index (χ4n) is 10.9. The SMILES string of the molecule is Cc1ncsc1-c1ccc(CNC(=O)[C@@H]2C[C@@H](O)CN2C(=O)C(c2cc(OCC=Cc3ccc(O[C@H]4C[C@H](Oc5cc(N6C7CCC6CN(c6cc(-c8ccccc8O)nnc6N)C7)ccn5)C4)cn3)no2)C(C)C)cc1. The smallest absolute Gasteiger partial charge is 0.254 e. The molecule has 77 heavy (non-hydrogen) atoms. The Kier molecular flexibility index (Phi) is 14.7. The van der Waals surface area contributed by atoms with Crippen LogP contribution in [0.5, 0.6) is 23.3 Å². The first-order chi connectivity index (χ1) is 37.4. The number of nitrogens with two attached hydrogens (primary N) is 1. The number of aromatic nitrogens is 6. The summed E-state index contributed by atoms with van der Waals surface area (Å²) in [5.41, 5.74) is 15.0. The van der Waals surface area contributed by atoms with E-state index in [1.54, 1.807) is 41.8 Å². The van der Waals surface area contributed by atoms with E-state index in [0.29, 0.717) is 40.2 Å². The van der Waals surface area contributed by atoms with Crippen LogP contribution in [0, 0.1) is 12.8 Å². The van der Waals surface area contributed by atoms with E-state index in [4.69, 9.17) is 24.5 Å². The highest BCUT2D eigenvalue weighted by atomic mass is 32.1. The third-order valence-corrected chi connectivity index (χ3v) is 15.9. The number of carbonyl (C=O) groups is 2. The van der Waals surface area contributed by atoms with Gasteiger partial charge in [-0.25, -0.2) is 9.97 Å². The van der Waals surface area contributed by atoms with Crippen LogP contribution in [0.4, 0.5) is 17.2 Å². The normalized spacial score (nSPS) is 21.3. The van der Waals surface area contributed by atoms with Crippen molar-refractivity contribution in [3.05, 3.63) is 132 Å². The number of ether oxygens (including phenoxy) is 3. The first-order valence-electron chi connectivity index (χ1n) is 26.1. The van der Waals surface area contributed by atoms with Crippen molar-refractivity contribution in [3.8, 4) is 45.0 Å². The molecule has 1 saturated carbocycles. The molecular formula is C57H61N11O8S. The highest BCUT2D eigenvalue weighted by molar-refractivity contribution is 7.13. The van der Waals surface area contributed by atoms with Crippen molar-refractivity contribution in [1.82, 2.24) is 40.5 Å². The van der Waals surface area contributed by atoms with Gasteiger partial charge in [-0.05, 0) is 90.5 Å². The van der Waals surface area contributed by atoms with Crippen LogP contribution in [-0.4, -0.2) is 120 Å². The molecule has 2 amide bonds. The molecule has 7 aromatic rings. The summed E-state index contributed by atoms with van der Waals surface area (Å²) in [7, 11) is 0. The Morgan fingerprint density at radius 3 is 2.44 bits per heavy atom. The lowest BCUT2D eigenvalue weighted by molar-refractivity contribution is -0.141. The fourth-order valence-corrected chi connectivity index (χ4v) is 11.7. The molecule has 19 nitrogen and oxygen atoms in total. The molecular weight excluding hydrogens is 999 g/mol. The number of benzene rings is 2. The van der Waals surface area contributed by atoms with Crippen LogP contribution >= 0.6 is 11.3 Å². The molecule has 2 bridgehead atoms. The number of aromatic hydroxyl groups is 1. The van der Waals surface area contributed by atoms with E-state index in [9.17, 15) is 19.8 Å². The molecule has 1 aliphatic carbocycles. The Hall–Kier alpha value is -8.10. The van der Waals surface area contributed by atoms with Crippen molar-refractivity contribution < 1.29 is 38.5 Å². The van der Waals surface area contributed by atoms with Crippen molar-refractivity contribution >= 4 is 46.4 Å². The largest absolute Gasteiger partial charge is 0.507 e. The van der Waals surface area contributed by atoms with E-state index >= 15 is 0 Å². The Morgan fingerprint density at radius 1 is 0.909 bits per heavy atom. The number of likely N-dealkylation sites (tertiary alicyclic amines) is 1. The zero-order valence-electron chi connectivity index (χ0n) is 43.0. The lowest BCUT2D eigenvalue weighted by Gasteiger charge is -2.43. The Labute approximate surface area is 449 Å². The summed E-state index contributed by atoms with van der Waals surface area (Å²) in [5, 5.41) is 36.7. The predicted molar refractivity (Wildman–Crippen MR) is 290 cm³/mol. The average molecular weight is 1060 g/mol. The number of hydrogen-bond acceptors (Lipinski definition) is 18. The molecule has 4 fully saturated rings. The average Bonchev–Trinajstić information content (AvgIpc) is 4.30. The van der Waals surface area contributed by atoms with E-state index in [2.05, 4.69) is 51.5 Å². The van der Waals surface area contributed by atoms with E-state index in [1.165, 1.54) is 4.90 Å². The highest BCUT2D eigenvalue weighted by Gasteiger charge is 2.44. The number of phenolic OH excluding ortho intramolecular Hbond substituents is 1. The van der Waals surface area contributed by atoms with Crippen molar-refractivity contribution in [3.63, 3.8) is 0 Å². The number of carbonyl (C=O) groups excluding carboxylic acids is 2. The number of aryl methyl sites for hydroxylation is 1. The predicted octanol–water partition coefficient (Wildman–Crippen LogP) is 7.60. The number of fused-ring (bicyclic) bond motifs is 2. The number of nitrogens with zero attached hydrogens (tertiary/aromatic N) is 9. The second-order valence-corrected chi connectivity index (χ2v) is 21.4. The van der Waals surface area contributed by atoms with Gasteiger partial charge in [-0.1, -0.05) is 50.2 Å². The number of aliphatic hydroxyl groups is 1. The molecule has 4 aliphatic rings. The third kappa shape index (κ3) is 11.2. The second-order valence-electron chi connectivity index (χ2n) is 20.5. The zero-order valence-corrected chi connectivity index (χ0v) is 43.8. The van der Waals surface area contributed by atoms with Gasteiger partial charge in [0.1, 0.15) is 42.3 Å². The maximum absolute atomic E-state index is 14.1. The number of phenols is 1. The van der Waals surface area contributed by atoms with Gasteiger partial charge in [-0.3, -0.25) is 14.6 Å². The van der Waals surface area contributed by atoms with Crippen LogP contribution in [-0.2, 0) is 16.1 Å². The van der Waals surface area contributed by atoms with Gasteiger partial charge in [-0.2, -0.15) is 0 Å². The minimum absolute atomic E-state index is 0.00908. The molecule has 3 unspecified atom stereocenters. The minimum Gasteiger partial charge on any atom is -0.507 e. The van der Waals surface area contributed by atoms with Gasteiger partial charge in [0.05, 0.1) is 45.5 Å². The number of thiazole rings is 1. The third-order valence-electron chi connectivity index (χ3n) is 14.9. The van der Waals surface area contributed by atoms with Gasteiger partial charge in [-0.15, -0.1) is 21.5 Å². The second kappa shape index (κ2) is 22.2. The molecule has 3 aliphatic heterocycles. The quantitative estimate of drug-likeness (QED) is 0.0647. The Balaban J connectivity index is 0.619. The van der Waals surface area contributed by atoms with Crippen molar-refractivity contribution in [2.75, 3.05) is 41.8 Å². The number of nitrogens with one attached hydrogen (secondary N) is 1. The van der Waals surface area contributed by atoms with Crippen molar-refractivity contribution in [2.24, 2.45) is 5.92 Å². The fraction of sp³-hybridized carbons (Fsp3) is 0.368. The van der Waals surface area contributed by atoms with Crippen LogP contribution in [0.1, 0.15) is 74.6 Å². The monoisotopic (exact) mass is 1060 g/mol. The molecule has 5 N–H and O–H groups in total. The van der Waals surface area contributed by atoms with Crippen LogP contribution in [0.3, 0.4) is 0 Å². The maximum Gasteiger partial charge on any atom is 0.254 e. The van der Waals surface area contributed by atoms with E-state index in [-0.39, 0.29) is 79.8 Å². The molecule has 5 atom stereocenters. The molecule has 3 saturated heterocycles. The summed E-state index contributed by atoms with van der Waals surface area (Å²) in [5.74, 6) is 0.704. The van der Waals surface area contributed by atoms with E-state index in [0.717, 1.165) is 71.8 Å². The van der Waals surface area contributed by atoms with Crippen LogP contribution in [0.25, 0.3) is 27.8 Å². The first kappa shape index (κ1) is 51.0. The number of anilines is 3. The van der Waals surface area contributed by atoms with Gasteiger partial charge in [0.2, 0.25) is 17.7 Å². The number of pyridine rings is 2. The summed E-state index contributed by atoms with van der Waals surface area (Å²) in [4.78, 5) is 48.4. The van der Waals surface area contributed by atoms with Crippen molar-refractivity contribution in [2.45, 2.75) is 102 Å². The van der Waals surface area contributed by atoms with Crippen LogP contribution < -0.4 is 35.1 Å². The molecule has 11 rings (SSSR count). The number of hydrogen-bond donors (Lipinski definition) is 4. The number of para-hydroxylation sites is 1. The van der Waals surface area contributed by atoms with E-state index in [1.807, 2.05) is 99.2 Å². The number of nitrogen functional groups attached to an aromatic ring is 1. The summed E-state index contributed by atoms with van der Waals surface area (Å²) in [6.07, 6.45) is 9.97. The van der Waals surface area contributed by atoms with E-state index < -0.39 is 18.1 Å². The minimum atomic E-state index is -0.835. The molecule has 8 heterocycles. The molecule has 5 aromatic heterocycles. The molecule has 2 aromatic carbocycles. The number of piperazine rings is 1. The molecule has 0 radical (unpaired) electrons. The molecule has 20 heteroatoms. The van der Waals surface area contributed by atoms with Gasteiger partial charge in [0.25, 0.3) is 5.88 Å². The molecule has 0 spiro atoms. The Bertz CT molecular complexity index is 3220. The standard InChI is InChI=1S/C57H61N11O8S/c1-33(2)53(57(72)67-31-41(69)22-48(67)56(71)61-27-35-10-12-36(13-11-35)54-34(3)62-32-77-54)50-26-52(65-76-50)73-20-6-7-37-14-17-42(28-60-37)74-43-23-44(24-43)75-51-21-38(18-19-59-51)68-39-15-16-40(68)30-66(29-39)47-25-46(63-64-55(47)58)45-8-4-5-9-49(45)70/h4-14,17-19,21,25-26,28,32-33,39-41,43-44,48,53,69-70H,15-16,20,22-24,27,29-31H2,1-3H3,(H2,58,64)(H,61,71)/t39?,40?,41-,43-,44-,48+,53?/m1/s1. The first-order valence-corrected chi connectivity index (χ1v) is 27.0. The lowest BCUT2D eigenvalue weighted by atomic mass is 9.91. The summed E-state index contributed by atoms with van der Waals surface area (Å²) in [6.45, 7) is 7.81. The molecule has 398 valence electrons. The topological polar surface area (TPSA) is 241 Å². The summed E-state index contributed by atoms with van der Waals surface area (Å²) in [6, 6.07) is 26.1. The maximum atomic E-state index is 14.1. The van der Waals surface area contributed by atoms with Gasteiger partial charge < -0.3 is 54.7 Å². The van der Waals surface area contributed by atoms with Gasteiger partial charge in [0, 0.05) is 87.1 Å². The number of aliphatic hydroxyl groups excluding tert-OH is 1. The van der Waals surface area contributed by atoms with Gasteiger partial charge in [0.15, 0.2) is 11.6 Å². The number of rotatable bonds is 18. The Morgan fingerprint density at radius 2 is 1.70 bits per heavy atom. The van der Waals surface area contributed by atoms with Crippen molar-refractivity contribution in [1.29, 1.82) is 0 Å². The number of β-amino-alcohol motifs (C(OH)–C–C–N with tert-alkyl or cyclic N) is 1. The highest BCUT2D eigenvalue weighted by Crippen LogP contribution is 2.41. The summed E-state index contributed by atoms with van der Waals surface area (Å²) < 4.78 is 24.1. The lowest BCUT2D eigenvalue weighted by Crippen LogP contribution is -2.54. The zero-order chi connectivity index (χ0) is 53.2.